The van der Waals surface area contributed by atoms with Gasteiger partial charge in [-0.2, -0.15) is 5.10 Å². The van der Waals surface area contributed by atoms with Crippen LogP contribution in [0.2, 0.25) is 0 Å². The Morgan fingerprint density at radius 2 is 1.69 bits per heavy atom. The van der Waals surface area contributed by atoms with Crippen molar-refractivity contribution in [1.82, 2.24) is 9.78 Å². The van der Waals surface area contributed by atoms with Crippen molar-refractivity contribution in [2.24, 2.45) is 5.73 Å². The molecular formula is C28H29N3O4S. The smallest absolute Gasteiger partial charge is 0.274 e. The summed E-state index contributed by atoms with van der Waals surface area (Å²) in [5.41, 5.74) is 10.1. The number of methoxy groups -OCH3 is 1. The van der Waals surface area contributed by atoms with Gasteiger partial charge in [0, 0.05) is 18.7 Å². The molecule has 0 saturated heterocycles. The fraction of sp³-hybridized carbons (Fsp3) is 0.214. The van der Waals surface area contributed by atoms with Crippen LogP contribution in [0, 0.1) is 6.92 Å². The quantitative estimate of drug-likeness (QED) is 0.391. The van der Waals surface area contributed by atoms with Gasteiger partial charge in [0.15, 0.2) is 9.84 Å². The Hall–Kier alpha value is -3.75. The Morgan fingerprint density at radius 1 is 1.00 bits per heavy atom. The number of aromatic nitrogens is 2. The fourth-order valence-electron chi connectivity index (χ4n) is 4.29. The van der Waals surface area contributed by atoms with E-state index >= 15 is 0 Å². The zero-order chi connectivity index (χ0) is 25.9. The Balaban J connectivity index is 1.88. The molecule has 0 aliphatic heterocycles. The number of nitrogens with two attached hydrogens (primary N) is 1. The van der Waals surface area contributed by atoms with Gasteiger partial charge >= 0.3 is 0 Å². The minimum Gasteiger partial charge on any atom is -0.497 e. The third kappa shape index (κ3) is 5.40. The van der Waals surface area contributed by atoms with Gasteiger partial charge in [-0.15, -0.1) is 0 Å². The van der Waals surface area contributed by atoms with Crippen molar-refractivity contribution in [3.63, 3.8) is 0 Å². The molecule has 1 atom stereocenters. The second kappa shape index (κ2) is 10.5. The predicted molar refractivity (Wildman–Crippen MR) is 141 cm³/mol. The van der Waals surface area contributed by atoms with E-state index in [1.165, 1.54) is 10.9 Å². The summed E-state index contributed by atoms with van der Waals surface area (Å²) in [6.45, 7) is 2.00. The third-order valence-electron chi connectivity index (χ3n) is 6.18. The first kappa shape index (κ1) is 25.3. The van der Waals surface area contributed by atoms with Gasteiger partial charge in [0.2, 0.25) is 0 Å². The van der Waals surface area contributed by atoms with Crippen molar-refractivity contribution in [3.05, 3.63) is 112 Å². The monoisotopic (exact) mass is 503 g/mol. The molecule has 0 aliphatic rings. The Labute approximate surface area is 211 Å². The van der Waals surface area contributed by atoms with Crippen LogP contribution in [0.1, 0.15) is 28.4 Å². The molecule has 8 heteroatoms. The van der Waals surface area contributed by atoms with Crippen molar-refractivity contribution in [2.45, 2.75) is 30.8 Å². The van der Waals surface area contributed by atoms with Crippen LogP contribution in [-0.2, 0) is 22.8 Å². The molecule has 1 unspecified atom stereocenters. The van der Waals surface area contributed by atoms with Crippen molar-refractivity contribution in [2.75, 3.05) is 13.4 Å². The maximum absolute atomic E-state index is 13.7. The predicted octanol–water partition coefficient (Wildman–Crippen LogP) is 3.92. The lowest BCUT2D eigenvalue weighted by molar-refractivity contribution is 0.415. The van der Waals surface area contributed by atoms with Crippen molar-refractivity contribution < 1.29 is 13.2 Å². The van der Waals surface area contributed by atoms with Crippen LogP contribution in [0.15, 0.2) is 88.6 Å². The third-order valence-corrected chi connectivity index (χ3v) is 7.38. The van der Waals surface area contributed by atoms with Crippen LogP contribution >= 0.6 is 0 Å². The van der Waals surface area contributed by atoms with Gasteiger partial charge in [-0.1, -0.05) is 60.7 Å². The van der Waals surface area contributed by atoms with Crippen LogP contribution in [0.5, 0.6) is 5.75 Å². The lowest BCUT2D eigenvalue weighted by Crippen LogP contribution is -2.32. The van der Waals surface area contributed by atoms with Gasteiger partial charge in [0.25, 0.3) is 5.56 Å². The number of rotatable bonds is 8. The maximum Gasteiger partial charge on any atom is 0.274 e. The van der Waals surface area contributed by atoms with E-state index in [9.17, 15) is 13.2 Å². The lowest BCUT2D eigenvalue weighted by Gasteiger charge is -2.18. The zero-order valence-corrected chi connectivity index (χ0v) is 21.3. The molecule has 0 bridgehead atoms. The summed E-state index contributed by atoms with van der Waals surface area (Å²) in [5, 5.41) is 4.68. The molecule has 4 rings (SSSR count). The van der Waals surface area contributed by atoms with Crippen LogP contribution < -0.4 is 16.0 Å². The molecule has 7 nitrogen and oxygen atoms in total. The standard InChI is InChI=1S/C28H29N3O4S/c1-19-25(17-21-12-7-8-15-26(21)36(3,33)34)30-31(18-24(29)20-10-5-4-6-11-20)28(32)27(19)22-13-9-14-23(16-22)35-2/h4-16,24H,17-18,29H2,1-3H3. The average Bonchev–Trinajstić information content (AvgIpc) is 2.87. The highest BCUT2D eigenvalue weighted by Gasteiger charge is 2.21. The SMILES string of the molecule is COc1cccc(-c2c(C)c(Cc3ccccc3S(C)(=O)=O)nn(CC(N)c3ccccc3)c2=O)c1. The Bertz CT molecular complexity index is 1550. The summed E-state index contributed by atoms with van der Waals surface area (Å²) >= 11 is 0. The fourth-order valence-corrected chi connectivity index (χ4v) is 5.24. The highest BCUT2D eigenvalue weighted by Crippen LogP contribution is 2.27. The molecule has 2 N–H and O–H groups in total. The van der Waals surface area contributed by atoms with Gasteiger partial charge in [0.05, 0.1) is 29.8 Å². The van der Waals surface area contributed by atoms with Gasteiger partial charge in [-0.3, -0.25) is 4.79 Å². The van der Waals surface area contributed by atoms with Crippen LogP contribution in [0.3, 0.4) is 0 Å². The number of nitrogens with zero attached hydrogens (tertiary/aromatic N) is 2. The van der Waals surface area contributed by atoms with Crippen molar-refractivity contribution in [3.8, 4) is 16.9 Å². The number of sulfone groups is 1. The molecule has 0 aliphatic carbocycles. The van der Waals surface area contributed by atoms with E-state index in [-0.39, 0.29) is 23.4 Å². The summed E-state index contributed by atoms with van der Waals surface area (Å²) in [6.07, 6.45) is 1.43. The lowest BCUT2D eigenvalue weighted by atomic mass is 9.98. The number of hydrogen-bond acceptors (Lipinski definition) is 6. The van der Waals surface area contributed by atoms with E-state index in [4.69, 9.17) is 10.5 Å². The van der Waals surface area contributed by atoms with E-state index in [0.717, 1.165) is 5.56 Å². The molecule has 0 spiro atoms. The molecule has 1 heterocycles. The van der Waals surface area contributed by atoms with Gasteiger partial charge < -0.3 is 10.5 Å². The molecule has 0 fully saturated rings. The minimum atomic E-state index is -3.44. The molecule has 3 aromatic carbocycles. The molecule has 4 aromatic rings. The Kier molecular flexibility index (Phi) is 7.37. The van der Waals surface area contributed by atoms with Gasteiger partial charge in [-0.05, 0) is 47.4 Å². The summed E-state index contributed by atoms with van der Waals surface area (Å²) in [6, 6.07) is 23.2. The molecule has 0 amide bonds. The number of ether oxygens (including phenoxy) is 1. The van der Waals surface area contributed by atoms with Crippen molar-refractivity contribution >= 4 is 9.84 Å². The average molecular weight is 504 g/mol. The first-order valence-electron chi connectivity index (χ1n) is 11.5. The van der Waals surface area contributed by atoms with E-state index < -0.39 is 15.9 Å². The summed E-state index contributed by atoms with van der Waals surface area (Å²) in [7, 11) is -1.87. The van der Waals surface area contributed by atoms with Crippen molar-refractivity contribution in [1.29, 1.82) is 0 Å². The number of hydrogen-bond donors (Lipinski definition) is 1. The highest BCUT2D eigenvalue weighted by atomic mass is 32.2. The second-order valence-electron chi connectivity index (χ2n) is 8.74. The Morgan fingerprint density at radius 3 is 2.39 bits per heavy atom. The highest BCUT2D eigenvalue weighted by molar-refractivity contribution is 7.90. The molecular weight excluding hydrogens is 474 g/mol. The normalized spacial score (nSPS) is 12.3. The molecule has 0 radical (unpaired) electrons. The van der Waals surface area contributed by atoms with Gasteiger partial charge in [-0.25, -0.2) is 13.1 Å². The van der Waals surface area contributed by atoms with Crippen LogP contribution in [0.4, 0.5) is 0 Å². The summed E-state index contributed by atoms with van der Waals surface area (Å²) < 4.78 is 31.6. The summed E-state index contributed by atoms with van der Waals surface area (Å²) in [5.74, 6) is 0.625. The zero-order valence-electron chi connectivity index (χ0n) is 20.5. The topological polar surface area (TPSA) is 104 Å². The van der Waals surface area contributed by atoms with Crippen LogP contribution in [-0.4, -0.2) is 31.6 Å². The first-order chi connectivity index (χ1) is 17.2. The molecule has 186 valence electrons. The minimum absolute atomic E-state index is 0.167. The van der Waals surface area contributed by atoms with E-state index in [1.807, 2.05) is 55.5 Å². The maximum atomic E-state index is 13.7. The second-order valence-corrected chi connectivity index (χ2v) is 10.7. The van der Waals surface area contributed by atoms with E-state index in [0.29, 0.717) is 33.7 Å². The first-order valence-corrected chi connectivity index (χ1v) is 13.4. The van der Waals surface area contributed by atoms with E-state index in [2.05, 4.69) is 5.10 Å². The number of benzene rings is 3. The van der Waals surface area contributed by atoms with Gasteiger partial charge in [0.1, 0.15) is 5.75 Å². The molecule has 1 aromatic heterocycles. The molecule has 36 heavy (non-hydrogen) atoms. The van der Waals surface area contributed by atoms with E-state index in [1.54, 1.807) is 37.4 Å². The largest absolute Gasteiger partial charge is 0.497 e. The summed E-state index contributed by atoms with van der Waals surface area (Å²) in [4.78, 5) is 13.9. The molecule has 0 saturated carbocycles. The van der Waals surface area contributed by atoms with Crippen LogP contribution in [0.25, 0.3) is 11.1 Å².